The van der Waals surface area contributed by atoms with Crippen molar-refractivity contribution >= 4 is 11.0 Å². The second kappa shape index (κ2) is 3.80. The van der Waals surface area contributed by atoms with Gasteiger partial charge in [-0.2, -0.15) is 0 Å². The smallest absolute Gasteiger partial charge is 0.119 e. The van der Waals surface area contributed by atoms with Crippen LogP contribution in [0, 0.1) is 6.92 Å². The lowest BCUT2D eigenvalue weighted by molar-refractivity contribution is 0.177. The molecule has 1 fully saturated rings. The summed E-state index contributed by atoms with van der Waals surface area (Å²) < 4.78 is 7.70. The predicted octanol–water partition coefficient (Wildman–Crippen LogP) is 1.50. The molecular formula is C14H19N3O. The van der Waals surface area contributed by atoms with Crippen LogP contribution in [0.15, 0.2) is 18.2 Å². The number of aryl methyl sites for hydroxylation is 2. The van der Waals surface area contributed by atoms with Crippen molar-refractivity contribution < 1.29 is 4.74 Å². The fourth-order valence-electron chi connectivity index (χ4n) is 2.90. The molecule has 2 heterocycles. The predicted molar refractivity (Wildman–Crippen MR) is 71.6 cm³/mol. The Morgan fingerprint density at radius 1 is 1.50 bits per heavy atom. The van der Waals surface area contributed by atoms with Gasteiger partial charge in [0.2, 0.25) is 0 Å². The molecule has 18 heavy (non-hydrogen) atoms. The van der Waals surface area contributed by atoms with Crippen LogP contribution in [0.4, 0.5) is 0 Å². The first-order valence-electron chi connectivity index (χ1n) is 6.30. The first-order valence-corrected chi connectivity index (χ1v) is 6.30. The maximum Gasteiger partial charge on any atom is 0.119 e. The Morgan fingerprint density at radius 2 is 2.28 bits per heavy atom. The van der Waals surface area contributed by atoms with Gasteiger partial charge in [0.05, 0.1) is 29.7 Å². The standard InChI is InChI=1S/C14H19N3O/c1-9-5-4-6-10-12(9)17(3)13(16-10)14(2)8-18-7-11(14)15/h4-6,11H,7-8,15H2,1-3H3. The van der Waals surface area contributed by atoms with Crippen LogP contribution in [0.3, 0.4) is 0 Å². The molecule has 1 aliphatic rings. The highest BCUT2D eigenvalue weighted by molar-refractivity contribution is 5.79. The topological polar surface area (TPSA) is 53.1 Å². The van der Waals surface area contributed by atoms with E-state index in [4.69, 9.17) is 15.5 Å². The second-order valence-corrected chi connectivity index (χ2v) is 5.48. The average Bonchev–Trinajstić information content (AvgIpc) is 2.84. The lowest BCUT2D eigenvalue weighted by Gasteiger charge is -2.26. The maximum atomic E-state index is 6.20. The van der Waals surface area contributed by atoms with Crippen LogP contribution in [0.5, 0.6) is 0 Å². The lowest BCUT2D eigenvalue weighted by Crippen LogP contribution is -2.43. The Hall–Kier alpha value is -1.39. The summed E-state index contributed by atoms with van der Waals surface area (Å²) in [5, 5.41) is 0. The van der Waals surface area contributed by atoms with Gasteiger partial charge in [0.25, 0.3) is 0 Å². The number of rotatable bonds is 1. The van der Waals surface area contributed by atoms with Crippen LogP contribution in [0.25, 0.3) is 11.0 Å². The van der Waals surface area contributed by atoms with Crippen molar-refractivity contribution in [3.05, 3.63) is 29.6 Å². The number of benzene rings is 1. The third-order valence-electron chi connectivity index (χ3n) is 4.12. The van der Waals surface area contributed by atoms with Gasteiger partial charge in [-0.05, 0) is 25.5 Å². The molecular weight excluding hydrogens is 226 g/mol. The number of hydrogen-bond acceptors (Lipinski definition) is 3. The zero-order chi connectivity index (χ0) is 12.9. The summed E-state index contributed by atoms with van der Waals surface area (Å²) in [6, 6.07) is 6.22. The van der Waals surface area contributed by atoms with Gasteiger partial charge in [-0.1, -0.05) is 12.1 Å². The fourth-order valence-corrected chi connectivity index (χ4v) is 2.90. The van der Waals surface area contributed by atoms with E-state index in [-0.39, 0.29) is 11.5 Å². The number of fused-ring (bicyclic) bond motifs is 1. The molecule has 96 valence electrons. The molecule has 0 radical (unpaired) electrons. The van der Waals surface area contributed by atoms with Crippen molar-refractivity contribution in [1.82, 2.24) is 9.55 Å². The van der Waals surface area contributed by atoms with Crippen LogP contribution in [-0.2, 0) is 17.2 Å². The molecule has 1 aromatic carbocycles. The second-order valence-electron chi connectivity index (χ2n) is 5.48. The zero-order valence-electron chi connectivity index (χ0n) is 11.1. The van der Waals surface area contributed by atoms with E-state index < -0.39 is 0 Å². The monoisotopic (exact) mass is 245 g/mol. The molecule has 4 nitrogen and oxygen atoms in total. The Kier molecular flexibility index (Phi) is 2.47. The minimum atomic E-state index is -0.194. The van der Waals surface area contributed by atoms with Crippen molar-refractivity contribution in [2.45, 2.75) is 25.3 Å². The van der Waals surface area contributed by atoms with E-state index in [1.807, 2.05) is 6.07 Å². The van der Waals surface area contributed by atoms with Crippen molar-refractivity contribution in [1.29, 1.82) is 0 Å². The highest BCUT2D eigenvalue weighted by Crippen LogP contribution is 2.33. The van der Waals surface area contributed by atoms with Gasteiger partial charge < -0.3 is 15.0 Å². The van der Waals surface area contributed by atoms with Gasteiger partial charge in [0.15, 0.2) is 0 Å². The van der Waals surface area contributed by atoms with Gasteiger partial charge >= 0.3 is 0 Å². The number of aromatic nitrogens is 2. The summed E-state index contributed by atoms with van der Waals surface area (Å²) in [5.74, 6) is 1.02. The third kappa shape index (κ3) is 1.42. The quantitative estimate of drug-likeness (QED) is 0.828. The van der Waals surface area contributed by atoms with E-state index in [1.54, 1.807) is 0 Å². The number of hydrogen-bond donors (Lipinski definition) is 1. The van der Waals surface area contributed by atoms with Gasteiger partial charge in [-0.15, -0.1) is 0 Å². The molecule has 2 atom stereocenters. The summed E-state index contributed by atoms with van der Waals surface area (Å²) in [5.41, 5.74) is 9.46. The first kappa shape index (κ1) is 11.7. The SMILES string of the molecule is Cc1cccc2nc(C3(C)COCC3N)n(C)c12. The average molecular weight is 245 g/mol. The zero-order valence-corrected chi connectivity index (χ0v) is 11.1. The Bertz CT molecular complexity index is 604. The van der Waals surface area contributed by atoms with Crippen LogP contribution in [-0.4, -0.2) is 28.8 Å². The van der Waals surface area contributed by atoms with Crippen molar-refractivity contribution in [3.8, 4) is 0 Å². The Labute approximate surface area is 107 Å². The number of nitrogens with zero attached hydrogens (tertiary/aromatic N) is 2. The van der Waals surface area contributed by atoms with Crippen LogP contribution >= 0.6 is 0 Å². The van der Waals surface area contributed by atoms with E-state index in [9.17, 15) is 0 Å². The molecule has 4 heteroatoms. The summed E-state index contributed by atoms with van der Waals surface area (Å²) in [6.07, 6.45) is 0. The Morgan fingerprint density at radius 3 is 2.89 bits per heavy atom. The molecule has 2 aromatic rings. The normalized spacial score (nSPS) is 28.1. The molecule has 0 saturated carbocycles. The highest BCUT2D eigenvalue weighted by Gasteiger charge is 2.42. The van der Waals surface area contributed by atoms with E-state index >= 15 is 0 Å². The van der Waals surface area contributed by atoms with Gasteiger partial charge in [0, 0.05) is 13.1 Å². The minimum absolute atomic E-state index is 0.00770. The van der Waals surface area contributed by atoms with Gasteiger partial charge in [-0.3, -0.25) is 0 Å². The van der Waals surface area contributed by atoms with Gasteiger partial charge in [-0.25, -0.2) is 4.98 Å². The number of nitrogens with two attached hydrogens (primary N) is 1. The van der Waals surface area contributed by atoms with Crippen LogP contribution < -0.4 is 5.73 Å². The molecule has 1 aromatic heterocycles. The summed E-state index contributed by atoms with van der Waals surface area (Å²) in [4.78, 5) is 4.78. The number of imidazole rings is 1. The molecule has 2 unspecified atom stereocenters. The van der Waals surface area contributed by atoms with E-state index in [2.05, 4.69) is 37.6 Å². The third-order valence-corrected chi connectivity index (χ3v) is 4.12. The Balaban J connectivity index is 2.25. The van der Waals surface area contributed by atoms with Crippen LogP contribution in [0.2, 0.25) is 0 Å². The summed E-state index contributed by atoms with van der Waals surface area (Å²) >= 11 is 0. The molecule has 2 N–H and O–H groups in total. The van der Waals surface area contributed by atoms with Crippen molar-refractivity contribution in [3.63, 3.8) is 0 Å². The van der Waals surface area contributed by atoms with E-state index in [0.29, 0.717) is 13.2 Å². The molecule has 0 bridgehead atoms. The fraction of sp³-hybridized carbons (Fsp3) is 0.500. The lowest BCUT2D eigenvalue weighted by atomic mass is 9.85. The minimum Gasteiger partial charge on any atom is -0.379 e. The van der Waals surface area contributed by atoms with Gasteiger partial charge in [0.1, 0.15) is 5.82 Å². The molecule has 1 aliphatic heterocycles. The first-order chi connectivity index (χ1) is 8.54. The van der Waals surface area contributed by atoms with Crippen molar-refractivity contribution in [2.75, 3.05) is 13.2 Å². The van der Waals surface area contributed by atoms with E-state index in [0.717, 1.165) is 11.3 Å². The van der Waals surface area contributed by atoms with Crippen LogP contribution in [0.1, 0.15) is 18.3 Å². The highest BCUT2D eigenvalue weighted by atomic mass is 16.5. The number of para-hydroxylation sites is 1. The molecule has 0 aliphatic carbocycles. The number of ether oxygens (including phenoxy) is 1. The van der Waals surface area contributed by atoms with Crippen molar-refractivity contribution in [2.24, 2.45) is 12.8 Å². The molecule has 3 rings (SSSR count). The molecule has 0 spiro atoms. The molecule has 0 amide bonds. The largest absolute Gasteiger partial charge is 0.379 e. The van der Waals surface area contributed by atoms with E-state index in [1.165, 1.54) is 11.1 Å². The summed E-state index contributed by atoms with van der Waals surface area (Å²) in [6.45, 7) is 5.51. The summed E-state index contributed by atoms with van der Waals surface area (Å²) in [7, 11) is 2.06. The maximum absolute atomic E-state index is 6.20. The molecule has 1 saturated heterocycles.